The summed E-state index contributed by atoms with van der Waals surface area (Å²) in [5, 5.41) is 3.37. The van der Waals surface area contributed by atoms with E-state index in [1.165, 1.54) is 19.2 Å². The predicted octanol–water partition coefficient (Wildman–Crippen LogP) is 2.45. The Morgan fingerprint density at radius 3 is 2.91 bits per heavy atom. The number of Topliss-reactive ketones (excluding diaryl/α,β-unsaturated/α-hetero) is 1. The molecule has 0 radical (unpaired) electrons. The Morgan fingerprint density at radius 1 is 1.36 bits per heavy atom. The minimum Gasteiger partial charge on any atom is -0.356 e. The van der Waals surface area contributed by atoms with Gasteiger partial charge in [0.1, 0.15) is 11.3 Å². The van der Waals surface area contributed by atoms with Crippen LogP contribution in [0.1, 0.15) is 33.5 Å². The molecule has 6 nitrogen and oxygen atoms in total. The van der Waals surface area contributed by atoms with Crippen LogP contribution in [0.4, 0.5) is 0 Å². The number of pyridine rings is 1. The van der Waals surface area contributed by atoms with Crippen LogP contribution in [0.25, 0.3) is 5.65 Å². The van der Waals surface area contributed by atoms with Crippen LogP contribution in [0.5, 0.6) is 0 Å². The lowest BCUT2D eigenvalue weighted by Crippen LogP contribution is -2.23. The zero-order chi connectivity index (χ0) is 15.7. The molecule has 0 aliphatic heterocycles. The van der Waals surface area contributed by atoms with Gasteiger partial charge in [0.2, 0.25) is 0 Å². The number of ketones is 1. The quantitative estimate of drug-likeness (QED) is 0.726. The van der Waals surface area contributed by atoms with Gasteiger partial charge in [-0.2, -0.15) is 0 Å². The molecule has 0 fully saturated rings. The standard InChI is InChI=1S/C15H13ClN4O2/c1-9(21)10-4-13(17-5-10)15(22)18-6-12-8-20-7-11(16)2-3-14(20)19-12/h2-5,7-8,17H,6H2,1H3,(H,18,22). The minimum absolute atomic E-state index is 0.0903. The maximum Gasteiger partial charge on any atom is 0.268 e. The molecule has 3 rings (SSSR count). The molecule has 3 heterocycles. The first kappa shape index (κ1) is 14.3. The zero-order valence-electron chi connectivity index (χ0n) is 11.8. The van der Waals surface area contributed by atoms with Gasteiger partial charge in [-0.25, -0.2) is 4.98 Å². The van der Waals surface area contributed by atoms with Gasteiger partial charge in [0, 0.05) is 24.2 Å². The number of hydrogen-bond acceptors (Lipinski definition) is 3. The van der Waals surface area contributed by atoms with Crippen LogP contribution < -0.4 is 5.32 Å². The number of fused-ring (bicyclic) bond motifs is 1. The van der Waals surface area contributed by atoms with Crippen molar-refractivity contribution in [3.8, 4) is 0 Å². The SMILES string of the molecule is CC(=O)c1c[nH]c(C(=O)NCc2cn3cc(Cl)ccc3n2)c1. The van der Waals surface area contributed by atoms with Crippen molar-refractivity contribution in [2.75, 3.05) is 0 Å². The van der Waals surface area contributed by atoms with Crippen LogP contribution in [0.2, 0.25) is 5.02 Å². The van der Waals surface area contributed by atoms with Crippen molar-refractivity contribution < 1.29 is 9.59 Å². The number of aromatic nitrogens is 3. The van der Waals surface area contributed by atoms with Gasteiger partial charge in [-0.05, 0) is 25.1 Å². The molecule has 0 atom stereocenters. The molecule has 3 aromatic rings. The van der Waals surface area contributed by atoms with Crippen LogP contribution in [-0.4, -0.2) is 26.1 Å². The second-order valence-electron chi connectivity index (χ2n) is 4.89. The van der Waals surface area contributed by atoms with E-state index in [4.69, 9.17) is 11.6 Å². The fourth-order valence-electron chi connectivity index (χ4n) is 2.10. The number of nitrogens with zero attached hydrogens (tertiary/aromatic N) is 2. The van der Waals surface area contributed by atoms with Crippen molar-refractivity contribution in [2.24, 2.45) is 0 Å². The molecular formula is C15H13ClN4O2. The number of hydrogen-bond donors (Lipinski definition) is 2. The average molecular weight is 317 g/mol. The third kappa shape index (κ3) is 2.87. The molecule has 2 N–H and O–H groups in total. The number of halogens is 1. The molecule has 3 aromatic heterocycles. The van der Waals surface area contributed by atoms with Gasteiger partial charge >= 0.3 is 0 Å². The number of carbonyl (C=O) groups excluding carboxylic acids is 2. The third-order valence-corrected chi connectivity index (χ3v) is 3.45. The lowest BCUT2D eigenvalue weighted by molar-refractivity contribution is 0.0946. The monoisotopic (exact) mass is 316 g/mol. The maximum atomic E-state index is 12.0. The Labute approximate surface area is 131 Å². The van der Waals surface area contributed by atoms with Crippen LogP contribution in [0.3, 0.4) is 0 Å². The van der Waals surface area contributed by atoms with Crippen LogP contribution in [-0.2, 0) is 6.54 Å². The first-order chi connectivity index (χ1) is 10.5. The molecule has 0 saturated carbocycles. The number of nitrogens with one attached hydrogen (secondary N) is 2. The van der Waals surface area contributed by atoms with Crippen molar-refractivity contribution in [3.63, 3.8) is 0 Å². The van der Waals surface area contributed by atoms with Crippen molar-refractivity contribution in [3.05, 3.63) is 58.8 Å². The number of imidazole rings is 1. The van der Waals surface area contributed by atoms with Crippen molar-refractivity contribution in [1.29, 1.82) is 0 Å². The molecule has 1 amide bonds. The molecule has 22 heavy (non-hydrogen) atoms. The van der Waals surface area contributed by atoms with E-state index in [2.05, 4.69) is 15.3 Å². The lowest BCUT2D eigenvalue weighted by atomic mass is 10.2. The van der Waals surface area contributed by atoms with Gasteiger partial charge in [0.25, 0.3) is 5.91 Å². The highest BCUT2D eigenvalue weighted by Crippen LogP contribution is 2.12. The van der Waals surface area contributed by atoms with E-state index in [-0.39, 0.29) is 18.2 Å². The first-order valence-electron chi connectivity index (χ1n) is 6.63. The van der Waals surface area contributed by atoms with E-state index in [9.17, 15) is 9.59 Å². The minimum atomic E-state index is -0.289. The molecule has 0 unspecified atom stereocenters. The molecule has 0 aromatic carbocycles. The Balaban J connectivity index is 1.70. The fourth-order valence-corrected chi connectivity index (χ4v) is 2.27. The molecule has 0 spiro atoms. The highest BCUT2D eigenvalue weighted by molar-refractivity contribution is 6.30. The molecule has 0 aliphatic rings. The molecule has 0 aliphatic carbocycles. The van der Waals surface area contributed by atoms with E-state index < -0.39 is 0 Å². The van der Waals surface area contributed by atoms with E-state index in [0.29, 0.717) is 22.0 Å². The van der Waals surface area contributed by atoms with Crippen LogP contribution in [0, 0.1) is 0 Å². The van der Waals surface area contributed by atoms with Gasteiger partial charge in [0.05, 0.1) is 17.3 Å². The summed E-state index contributed by atoms with van der Waals surface area (Å²) in [6.07, 6.45) is 5.07. The molecule has 0 bridgehead atoms. The number of amides is 1. The fraction of sp³-hybridized carbons (Fsp3) is 0.133. The summed E-state index contributed by atoms with van der Waals surface area (Å²) in [7, 11) is 0. The Bertz CT molecular complexity index is 865. The highest BCUT2D eigenvalue weighted by Gasteiger charge is 2.11. The van der Waals surface area contributed by atoms with Gasteiger partial charge in [-0.3, -0.25) is 9.59 Å². The Hall–Kier alpha value is -2.60. The van der Waals surface area contributed by atoms with E-state index in [1.54, 1.807) is 28.9 Å². The number of H-pyrrole nitrogens is 1. The lowest BCUT2D eigenvalue weighted by Gasteiger charge is -2.00. The Kier molecular flexibility index (Phi) is 3.68. The summed E-state index contributed by atoms with van der Waals surface area (Å²) in [5.74, 6) is -0.380. The summed E-state index contributed by atoms with van der Waals surface area (Å²) in [4.78, 5) is 30.4. The second-order valence-corrected chi connectivity index (χ2v) is 5.32. The summed E-state index contributed by atoms with van der Waals surface area (Å²) in [6, 6.07) is 5.09. The largest absolute Gasteiger partial charge is 0.356 e. The molecule has 0 saturated heterocycles. The van der Waals surface area contributed by atoms with Gasteiger partial charge < -0.3 is 14.7 Å². The van der Waals surface area contributed by atoms with Gasteiger partial charge in [0.15, 0.2) is 5.78 Å². The number of carbonyl (C=O) groups is 2. The summed E-state index contributed by atoms with van der Waals surface area (Å²) < 4.78 is 1.80. The third-order valence-electron chi connectivity index (χ3n) is 3.23. The van der Waals surface area contributed by atoms with E-state index in [0.717, 1.165) is 5.65 Å². The summed E-state index contributed by atoms with van der Waals surface area (Å²) in [5.41, 5.74) is 2.30. The number of rotatable bonds is 4. The average Bonchev–Trinajstić information content (AvgIpc) is 3.10. The van der Waals surface area contributed by atoms with Crippen molar-refractivity contribution >= 4 is 28.9 Å². The molecule has 112 valence electrons. The van der Waals surface area contributed by atoms with E-state index in [1.807, 2.05) is 0 Å². The predicted molar refractivity (Wildman–Crippen MR) is 82.2 cm³/mol. The number of aromatic amines is 1. The van der Waals surface area contributed by atoms with Gasteiger partial charge in [-0.15, -0.1) is 0 Å². The second kappa shape index (κ2) is 5.65. The van der Waals surface area contributed by atoms with Crippen molar-refractivity contribution in [2.45, 2.75) is 13.5 Å². The first-order valence-corrected chi connectivity index (χ1v) is 7.01. The molecule has 7 heteroatoms. The highest BCUT2D eigenvalue weighted by atomic mass is 35.5. The van der Waals surface area contributed by atoms with E-state index >= 15 is 0 Å². The Morgan fingerprint density at radius 2 is 2.18 bits per heavy atom. The maximum absolute atomic E-state index is 12.0. The zero-order valence-corrected chi connectivity index (χ0v) is 12.5. The van der Waals surface area contributed by atoms with Crippen LogP contribution in [0.15, 0.2) is 36.8 Å². The normalized spacial score (nSPS) is 10.8. The topological polar surface area (TPSA) is 79.3 Å². The smallest absolute Gasteiger partial charge is 0.268 e. The summed E-state index contributed by atoms with van der Waals surface area (Å²) in [6.45, 7) is 1.74. The van der Waals surface area contributed by atoms with Crippen molar-refractivity contribution in [1.82, 2.24) is 19.7 Å². The summed E-state index contributed by atoms with van der Waals surface area (Å²) >= 11 is 5.91. The van der Waals surface area contributed by atoms with Crippen LogP contribution >= 0.6 is 11.6 Å². The molecular weight excluding hydrogens is 304 g/mol. The van der Waals surface area contributed by atoms with Gasteiger partial charge in [-0.1, -0.05) is 11.6 Å².